The lowest BCUT2D eigenvalue weighted by Crippen LogP contribution is -1.97. The van der Waals surface area contributed by atoms with E-state index < -0.39 is 0 Å². The minimum absolute atomic E-state index is 0.812. The summed E-state index contributed by atoms with van der Waals surface area (Å²) in [6.07, 6.45) is 4.72. The average molecular weight is 333 g/mol. The summed E-state index contributed by atoms with van der Waals surface area (Å²) in [6.45, 7) is 0.812. The molecule has 0 saturated carbocycles. The van der Waals surface area contributed by atoms with E-state index in [4.69, 9.17) is 4.74 Å². The number of alkyl halides is 1. The van der Waals surface area contributed by atoms with Gasteiger partial charge in [-0.2, -0.15) is 0 Å². The highest BCUT2D eigenvalue weighted by atomic mass is 79.9. The summed E-state index contributed by atoms with van der Waals surface area (Å²) in [7, 11) is 0. The number of hydrogen-bond donors (Lipinski definition) is 0. The number of para-hydroxylation sites is 1. The first kappa shape index (κ1) is 15.1. The van der Waals surface area contributed by atoms with Crippen molar-refractivity contribution in [1.82, 2.24) is 0 Å². The molecule has 20 heavy (non-hydrogen) atoms. The molecule has 0 bridgehead atoms. The fraction of sp³-hybridized carbons (Fsp3) is 0.333. The average Bonchev–Trinajstić information content (AvgIpc) is 2.52. The summed E-state index contributed by atoms with van der Waals surface area (Å²) in [5.74, 6) is 0.970. The van der Waals surface area contributed by atoms with Gasteiger partial charge in [0.15, 0.2) is 0 Å². The molecular weight excluding hydrogens is 312 g/mol. The predicted molar refractivity (Wildman–Crippen MR) is 88.6 cm³/mol. The highest BCUT2D eigenvalue weighted by Crippen LogP contribution is 2.12. The molecule has 0 atom stereocenters. The Morgan fingerprint density at radius 1 is 0.750 bits per heavy atom. The fourth-order valence-electron chi connectivity index (χ4n) is 2.11. The zero-order valence-electron chi connectivity index (χ0n) is 11.7. The van der Waals surface area contributed by atoms with Crippen LogP contribution in [0.25, 0.3) is 0 Å². The topological polar surface area (TPSA) is 9.23 Å². The Morgan fingerprint density at radius 3 is 2.15 bits per heavy atom. The van der Waals surface area contributed by atoms with Crippen molar-refractivity contribution >= 4 is 15.9 Å². The second kappa shape index (κ2) is 8.80. The zero-order valence-corrected chi connectivity index (χ0v) is 13.3. The maximum atomic E-state index is 5.68. The molecule has 0 N–H and O–H groups in total. The zero-order chi connectivity index (χ0) is 14.0. The lowest BCUT2D eigenvalue weighted by molar-refractivity contribution is 0.305. The van der Waals surface area contributed by atoms with Crippen molar-refractivity contribution in [1.29, 1.82) is 0 Å². The Bertz CT molecular complexity index is 479. The van der Waals surface area contributed by atoms with E-state index in [1.165, 1.54) is 24.0 Å². The van der Waals surface area contributed by atoms with Crippen LogP contribution in [0, 0.1) is 0 Å². The maximum absolute atomic E-state index is 5.68. The van der Waals surface area contributed by atoms with Crippen LogP contribution in [0.15, 0.2) is 54.6 Å². The van der Waals surface area contributed by atoms with E-state index in [9.17, 15) is 0 Å². The molecule has 0 aliphatic heterocycles. The van der Waals surface area contributed by atoms with Crippen molar-refractivity contribution in [3.8, 4) is 5.75 Å². The monoisotopic (exact) mass is 332 g/mol. The Morgan fingerprint density at radius 2 is 1.45 bits per heavy atom. The summed E-state index contributed by atoms with van der Waals surface area (Å²) in [4.78, 5) is 0. The molecule has 2 aromatic rings. The van der Waals surface area contributed by atoms with Gasteiger partial charge in [0, 0.05) is 5.33 Å². The SMILES string of the molecule is BrCc1ccc(CCCCCOc2ccccc2)cc1. The molecule has 0 radical (unpaired) electrons. The first-order valence-electron chi connectivity index (χ1n) is 7.20. The van der Waals surface area contributed by atoms with Crippen LogP contribution in [-0.4, -0.2) is 6.61 Å². The Kier molecular flexibility index (Phi) is 6.65. The van der Waals surface area contributed by atoms with Crippen molar-refractivity contribution in [2.75, 3.05) is 6.61 Å². The van der Waals surface area contributed by atoms with Gasteiger partial charge in [-0.05, 0) is 48.9 Å². The van der Waals surface area contributed by atoms with E-state index in [0.29, 0.717) is 0 Å². The van der Waals surface area contributed by atoms with Gasteiger partial charge in [0.1, 0.15) is 5.75 Å². The molecule has 0 aromatic heterocycles. The number of benzene rings is 2. The normalized spacial score (nSPS) is 10.4. The molecule has 1 nitrogen and oxygen atoms in total. The van der Waals surface area contributed by atoms with E-state index in [2.05, 4.69) is 40.2 Å². The molecule has 2 heteroatoms. The minimum Gasteiger partial charge on any atom is -0.494 e. The molecule has 0 amide bonds. The van der Waals surface area contributed by atoms with E-state index in [0.717, 1.165) is 30.5 Å². The van der Waals surface area contributed by atoms with Gasteiger partial charge in [-0.1, -0.05) is 58.4 Å². The number of hydrogen-bond acceptors (Lipinski definition) is 1. The van der Waals surface area contributed by atoms with E-state index in [1.54, 1.807) is 0 Å². The Hall–Kier alpha value is -1.28. The minimum atomic E-state index is 0.812. The molecule has 0 spiro atoms. The molecule has 0 heterocycles. The van der Waals surface area contributed by atoms with Crippen LogP contribution in [0.3, 0.4) is 0 Å². The van der Waals surface area contributed by atoms with Gasteiger partial charge in [0.2, 0.25) is 0 Å². The molecule has 2 aromatic carbocycles. The highest BCUT2D eigenvalue weighted by molar-refractivity contribution is 9.08. The van der Waals surface area contributed by atoms with Crippen molar-refractivity contribution in [2.24, 2.45) is 0 Å². The summed E-state index contributed by atoms with van der Waals surface area (Å²) >= 11 is 3.47. The Labute approximate surface area is 130 Å². The van der Waals surface area contributed by atoms with E-state index in [-0.39, 0.29) is 0 Å². The van der Waals surface area contributed by atoms with Crippen LogP contribution in [0.2, 0.25) is 0 Å². The highest BCUT2D eigenvalue weighted by Gasteiger charge is 1.96. The summed E-state index contributed by atoms with van der Waals surface area (Å²) in [5, 5.41) is 0.935. The van der Waals surface area contributed by atoms with Crippen molar-refractivity contribution < 1.29 is 4.74 Å². The quantitative estimate of drug-likeness (QED) is 0.466. The predicted octanol–water partition coefficient (Wildman–Crippen LogP) is 5.37. The van der Waals surface area contributed by atoms with Crippen LogP contribution >= 0.6 is 15.9 Å². The maximum Gasteiger partial charge on any atom is 0.119 e. The van der Waals surface area contributed by atoms with Gasteiger partial charge in [0.05, 0.1) is 6.61 Å². The van der Waals surface area contributed by atoms with Crippen LogP contribution in [0.4, 0.5) is 0 Å². The second-order valence-electron chi connectivity index (χ2n) is 4.92. The molecule has 0 unspecified atom stereocenters. The van der Waals surface area contributed by atoms with Crippen LogP contribution in [0.5, 0.6) is 5.75 Å². The van der Waals surface area contributed by atoms with Gasteiger partial charge in [0.25, 0.3) is 0 Å². The van der Waals surface area contributed by atoms with Crippen molar-refractivity contribution in [3.63, 3.8) is 0 Å². The van der Waals surface area contributed by atoms with Gasteiger partial charge in [-0.15, -0.1) is 0 Å². The Balaban J connectivity index is 1.57. The number of ether oxygens (including phenoxy) is 1. The summed E-state index contributed by atoms with van der Waals surface area (Å²) < 4.78 is 5.68. The van der Waals surface area contributed by atoms with E-state index >= 15 is 0 Å². The third-order valence-electron chi connectivity index (χ3n) is 3.30. The van der Waals surface area contributed by atoms with Crippen LogP contribution in [-0.2, 0) is 11.8 Å². The molecule has 0 aliphatic carbocycles. The largest absolute Gasteiger partial charge is 0.494 e. The molecular formula is C18H21BrO. The summed E-state index contributed by atoms with van der Waals surface area (Å²) in [6, 6.07) is 18.9. The number of halogens is 1. The lowest BCUT2D eigenvalue weighted by atomic mass is 10.1. The third kappa shape index (κ3) is 5.38. The fourth-order valence-corrected chi connectivity index (χ4v) is 2.48. The second-order valence-corrected chi connectivity index (χ2v) is 5.48. The molecule has 106 valence electrons. The standard InChI is InChI=1S/C18H21BrO/c19-15-17-12-10-16(11-13-17)7-3-2-6-14-20-18-8-4-1-5-9-18/h1,4-5,8-13H,2-3,6-7,14-15H2. The summed E-state index contributed by atoms with van der Waals surface area (Å²) in [5.41, 5.74) is 2.77. The molecule has 0 fully saturated rings. The first-order chi connectivity index (χ1) is 9.88. The van der Waals surface area contributed by atoms with Gasteiger partial charge >= 0.3 is 0 Å². The number of unbranched alkanes of at least 4 members (excludes halogenated alkanes) is 2. The van der Waals surface area contributed by atoms with Gasteiger partial charge in [-0.3, -0.25) is 0 Å². The van der Waals surface area contributed by atoms with Crippen molar-refractivity contribution in [2.45, 2.75) is 31.0 Å². The molecule has 2 rings (SSSR count). The first-order valence-corrected chi connectivity index (χ1v) is 8.32. The lowest BCUT2D eigenvalue weighted by Gasteiger charge is -2.06. The van der Waals surface area contributed by atoms with Crippen molar-refractivity contribution in [3.05, 3.63) is 65.7 Å². The third-order valence-corrected chi connectivity index (χ3v) is 3.95. The van der Waals surface area contributed by atoms with Crippen LogP contribution < -0.4 is 4.74 Å². The number of rotatable bonds is 8. The number of aryl methyl sites for hydroxylation is 1. The van der Waals surface area contributed by atoms with Gasteiger partial charge in [-0.25, -0.2) is 0 Å². The van der Waals surface area contributed by atoms with Crippen LogP contribution in [0.1, 0.15) is 30.4 Å². The van der Waals surface area contributed by atoms with Gasteiger partial charge < -0.3 is 4.74 Å². The smallest absolute Gasteiger partial charge is 0.119 e. The van der Waals surface area contributed by atoms with E-state index in [1.807, 2.05) is 30.3 Å². The molecule has 0 saturated heterocycles. The molecule has 0 aliphatic rings.